The molecule has 0 saturated heterocycles. The molecule has 0 aromatic rings. The van der Waals surface area contributed by atoms with Gasteiger partial charge in [-0.15, -0.1) is 0 Å². The second-order valence-corrected chi connectivity index (χ2v) is 4.22. The highest BCUT2D eigenvalue weighted by atomic mass is 16.4. The third-order valence-electron chi connectivity index (χ3n) is 2.62. The molecule has 2 N–H and O–H groups in total. The van der Waals surface area contributed by atoms with Crippen molar-refractivity contribution in [2.45, 2.75) is 26.3 Å². The fourth-order valence-corrected chi connectivity index (χ4v) is 1.14. The maximum absolute atomic E-state index is 11.8. The highest BCUT2D eigenvalue weighted by Gasteiger charge is 2.36. The van der Waals surface area contributed by atoms with Gasteiger partial charge in [0.1, 0.15) is 5.54 Å². The maximum Gasteiger partial charge on any atom is 0.329 e. The van der Waals surface area contributed by atoms with Crippen LogP contribution in [0.3, 0.4) is 0 Å². The molecule has 0 aliphatic heterocycles. The van der Waals surface area contributed by atoms with Crippen molar-refractivity contribution in [1.82, 2.24) is 10.2 Å². The molecule has 0 aromatic heterocycles. The van der Waals surface area contributed by atoms with Crippen LogP contribution >= 0.6 is 0 Å². The number of aliphatic carboxylic acids is 1. The Bertz CT molecular complexity index is 251. The molecule has 0 saturated carbocycles. The number of rotatable bonds is 5. The summed E-state index contributed by atoms with van der Waals surface area (Å²) in [6, 6.07) is 0. The van der Waals surface area contributed by atoms with Crippen LogP contribution in [0.1, 0.15) is 20.8 Å². The third kappa shape index (κ3) is 3.20. The maximum atomic E-state index is 11.8. The zero-order valence-corrected chi connectivity index (χ0v) is 10.00. The number of hydrogen-bond acceptors (Lipinski definition) is 3. The topological polar surface area (TPSA) is 69.6 Å². The summed E-state index contributed by atoms with van der Waals surface area (Å²) in [5.41, 5.74) is -1.17. The Hall–Kier alpha value is -1.10. The van der Waals surface area contributed by atoms with Gasteiger partial charge in [0.15, 0.2) is 0 Å². The van der Waals surface area contributed by atoms with Crippen molar-refractivity contribution < 1.29 is 14.7 Å². The van der Waals surface area contributed by atoms with Crippen LogP contribution in [-0.2, 0) is 9.59 Å². The van der Waals surface area contributed by atoms with Crippen molar-refractivity contribution in [2.24, 2.45) is 5.92 Å². The van der Waals surface area contributed by atoms with Crippen LogP contribution in [0.5, 0.6) is 0 Å². The molecule has 0 spiro atoms. The fraction of sp³-hybridized carbons (Fsp3) is 0.800. The fourth-order valence-electron chi connectivity index (χ4n) is 1.14. The first kappa shape index (κ1) is 13.9. The molecule has 1 unspecified atom stereocenters. The van der Waals surface area contributed by atoms with Gasteiger partial charge >= 0.3 is 5.97 Å². The van der Waals surface area contributed by atoms with Crippen LogP contribution in [0, 0.1) is 5.92 Å². The van der Waals surface area contributed by atoms with E-state index in [1.165, 1.54) is 25.8 Å². The number of carbonyl (C=O) groups excluding carboxylic acids is 1. The Morgan fingerprint density at radius 3 is 2.27 bits per heavy atom. The van der Waals surface area contributed by atoms with Crippen molar-refractivity contribution in [3.05, 3.63) is 0 Å². The average Bonchev–Trinajstić information content (AvgIpc) is 2.15. The van der Waals surface area contributed by atoms with Crippen LogP contribution in [-0.4, -0.2) is 48.1 Å². The second kappa shape index (κ2) is 5.11. The van der Waals surface area contributed by atoms with Crippen LogP contribution in [0.25, 0.3) is 0 Å². The first-order valence-electron chi connectivity index (χ1n) is 4.90. The summed E-state index contributed by atoms with van der Waals surface area (Å²) >= 11 is 0. The summed E-state index contributed by atoms with van der Waals surface area (Å²) in [5.74, 6) is -1.40. The highest BCUT2D eigenvalue weighted by molar-refractivity contribution is 5.87. The van der Waals surface area contributed by atoms with Gasteiger partial charge < -0.3 is 15.3 Å². The number of carboxylic acids is 1. The molecular weight excluding hydrogens is 196 g/mol. The van der Waals surface area contributed by atoms with E-state index < -0.39 is 11.5 Å². The molecule has 0 bridgehead atoms. The molecule has 5 nitrogen and oxygen atoms in total. The normalized spacial score (nSPS) is 13.4. The summed E-state index contributed by atoms with van der Waals surface area (Å²) in [6.07, 6.45) is 0. The van der Waals surface area contributed by atoms with E-state index in [2.05, 4.69) is 5.32 Å². The molecule has 88 valence electrons. The highest BCUT2D eigenvalue weighted by Crippen LogP contribution is 2.15. The van der Waals surface area contributed by atoms with E-state index in [1.807, 2.05) is 0 Å². The number of nitrogens with zero attached hydrogens (tertiary/aromatic N) is 1. The minimum atomic E-state index is -1.17. The molecule has 0 fully saturated rings. The number of carbonyl (C=O) groups is 2. The quantitative estimate of drug-likeness (QED) is 0.687. The lowest BCUT2D eigenvalue weighted by Crippen LogP contribution is -2.53. The molecule has 0 aromatic carbocycles. The van der Waals surface area contributed by atoms with Crippen molar-refractivity contribution >= 4 is 11.9 Å². The number of nitrogens with one attached hydrogen (secondary N) is 1. The summed E-state index contributed by atoms with van der Waals surface area (Å²) in [7, 11) is 3.27. The van der Waals surface area contributed by atoms with E-state index in [4.69, 9.17) is 5.11 Å². The molecule has 0 heterocycles. The predicted molar refractivity (Wildman–Crippen MR) is 57.6 cm³/mol. The molecule has 5 heteroatoms. The molecule has 0 rings (SSSR count). The van der Waals surface area contributed by atoms with Crippen LogP contribution < -0.4 is 5.32 Å². The largest absolute Gasteiger partial charge is 0.480 e. The zero-order valence-electron chi connectivity index (χ0n) is 10.00. The minimum absolute atomic E-state index is 0.170. The van der Waals surface area contributed by atoms with Crippen LogP contribution in [0.2, 0.25) is 0 Å². The summed E-state index contributed by atoms with van der Waals surface area (Å²) in [4.78, 5) is 24.0. The predicted octanol–water partition coefficient (Wildman–Crippen LogP) is 0.164. The summed E-state index contributed by atoms with van der Waals surface area (Å²) < 4.78 is 0. The lowest BCUT2D eigenvalue weighted by atomic mass is 10.0. The Kier molecular flexibility index (Phi) is 4.74. The monoisotopic (exact) mass is 216 g/mol. The van der Waals surface area contributed by atoms with E-state index in [1.54, 1.807) is 14.0 Å². The average molecular weight is 216 g/mol. The van der Waals surface area contributed by atoms with Gasteiger partial charge in [-0.05, 0) is 20.9 Å². The van der Waals surface area contributed by atoms with Gasteiger partial charge in [-0.25, -0.2) is 4.79 Å². The summed E-state index contributed by atoms with van der Waals surface area (Å²) in [5, 5.41) is 11.9. The van der Waals surface area contributed by atoms with Crippen molar-refractivity contribution in [3.8, 4) is 0 Å². The van der Waals surface area contributed by atoms with E-state index >= 15 is 0 Å². The Labute approximate surface area is 90.5 Å². The van der Waals surface area contributed by atoms with Gasteiger partial charge in [-0.1, -0.05) is 6.92 Å². The summed E-state index contributed by atoms with van der Waals surface area (Å²) in [6.45, 7) is 5.34. The van der Waals surface area contributed by atoms with Crippen molar-refractivity contribution in [3.63, 3.8) is 0 Å². The standard InChI is InChI=1S/C10H20N2O3/c1-7(6-11-4)8(13)12(5)10(2,3)9(14)15/h7,11H,6H2,1-5H3,(H,14,15). The van der Waals surface area contributed by atoms with E-state index in [-0.39, 0.29) is 11.8 Å². The smallest absolute Gasteiger partial charge is 0.329 e. The van der Waals surface area contributed by atoms with Gasteiger partial charge in [-0.2, -0.15) is 0 Å². The van der Waals surface area contributed by atoms with E-state index in [0.29, 0.717) is 6.54 Å². The molecule has 0 radical (unpaired) electrons. The van der Waals surface area contributed by atoms with E-state index in [9.17, 15) is 9.59 Å². The number of likely N-dealkylation sites (N-methyl/N-ethyl adjacent to an activating group) is 1. The van der Waals surface area contributed by atoms with E-state index in [0.717, 1.165) is 0 Å². The first-order chi connectivity index (χ1) is 6.75. The molecular formula is C10H20N2O3. The number of carboxylic acid groups (broad SMARTS) is 1. The van der Waals surface area contributed by atoms with Gasteiger partial charge in [0.05, 0.1) is 0 Å². The second-order valence-electron chi connectivity index (χ2n) is 4.22. The Morgan fingerprint density at radius 1 is 1.47 bits per heavy atom. The lowest BCUT2D eigenvalue weighted by molar-refractivity contribution is -0.156. The number of amides is 1. The third-order valence-corrected chi connectivity index (χ3v) is 2.62. The Morgan fingerprint density at radius 2 is 1.93 bits per heavy atom. The van der Waals surface area contributed by atoms with Crippen LogP contribution in [0.4, 0.5) is 0 Å². The molecule has 1 atom stereocenters. The lowest BCUT2D eigenvalue weighted by Gasteiger charge is -2.33. The van der Waals surface area contributed by atoms with Crippen molar-refractivity contribution in [1.29, 1.82) is 0 Å². The van der Waals surface area contributed by atoms with Gasteiger partial charge in [-0.3, -0.25) is 4.79 Å². The van der Waals surface area contributed by atoms with Gasteiger partial charge in [0.25, 0.3) is 0 Å². The van der Waals surface area contributed by atoms with Crippen molar-refractivity contribution in [2.75, 3.05) is 20.6 Å². The van der Waals surface area contributed by atoms with Gasteiger partial charge in [0.2, 0.25) is 5.91 Å². The molecule has 1 amide bonds. The number of hydrogen-bond donors (Lipinski definition) is 2. The molecule has 15 heavy (non-hydrogen) atoms. The Balaban J connectivity index is 4.64. The SMILES string of the molecule is CNCC(C)C(=O)N(C)C(C)(C)C(=O)O. The first-order valence-corrected chi connectivity index (χ1v) is 4.90. The van der Waals surface area contributed by atoms with Gasteiger partial charge in [0, 0.05) is 19.5 Å². The molecule has 0 aliphatic carbocycles. The molecule has 0 aliphatic rings. The minimum Gasteiger partial charge on any atom is -0.480 e. The zero-order chi connectivity index (χ0) is 12.2. The van der Waals surface area contributed by atoms with Crippen LogP contribution in [0.15, 0.2) is 0 Å².